The van der Waals surface area contributed by atoms with Gasteiger partial charge < -0.3 is 5.11 Å². The zero-order chi connectivity index (χ0) is 14.5. The van der Waals surface area contributed by atoms with Crippen molar-refractivity contribution < 1.29 is 13.5 Å². The molecule has 0 bridgehead atoms. The number of sulfonamides is 1. The number of aliphatic hydroxyl groups excluding tert-OH is 1. The summed E-state index contributed by atoms with van der Waals surface area (Å²) in [4.78, 5) is 3.76. The van der Waals surface area contributed by atoms with Crippen LogP contribution in [0.5, 0.6) is 0 Å². The summed E-state index contributed by atoms with van der Waals surface area (Å²) in [5.41, 5.74) is 0. The molecule has 0 aromatic carbocycles. The zero-order valence-corrected chi connectivity index (χ0v) is 12.6. The Labute approximate surface area is 119 Å². The van der Waals surface area contributed by atoms with Crippen molar-refractivity contribution in [2.75, 3.05) is 6.54 Å². The molecule has 0 aliphatic carbocycles. The molecule has 7 heteroatoms. The average Bonchev–Trinajstić information content (AvgIpc) is 2.38. The van der Waals surface area contributed by atoms with Crippen LogP contribution >= 0.6 is 11.6 Å². The van der Waals surface area contributed by atoms with E-state index >= 15 is 0 Å². The van der Waals surface area contributed by atoms with Crippen LogP contribution in [0.2, 0.25) is 5.15 Å². The average molecular weight is 307 g/mol. The molecule has 0 aliphatic heterocycles. The number of rotatable bonds is 7. The maximum atomic E-state index is 11.9. The molecule has 0 fully saturated rings. The van der Waals surface area contributed by atoms with Crippen molar-refractivity contribution in [1.82, 2.24) is 9.71 Å². The third-order valence-electron chi connectivity index (χ3n) is 3.09. The fourth-order valence-electron chi connectivity index (χ4n) is 1.80. The number of nitrogens with zero attached hydrogens (tertiary/aromatic N) is 1. The van der Waals surface area contributed by atoms with Gasteiger partial charge in [-0.1, -0.05) is 38.3 Å². The van der Waals surface area contributed by atoms with Crippen LogP contribution in [-0.4, -0.2) is 31.2 Å². The summed E-state index contributed by atoms with van der Waals surface area (Å²) in [5, 5.41) is 10.1. The van der Waals surface area contributed by atoms with E-state index in [2.05, 4.69) is 9.71 Å². The quantitative estimate of drug-likeness (QED) is 0.753. The predicted molar refractivity (Wildman–Crippen MR) is 74.5 cm³/mol. The van der Waals surface area contributed by atoms with Crippen LogP contribution in [0.1, 0.15) is 26.7 Å². The Bertz CT molecular complexity index is 486. The zero-order valence-electron chi connectivity index (χ0n) is 11.0. The molecule has 0 saturated heterocycles. The minimum absolute atomic E-state index is 0.00267. The molecule has 0 spiro atoms. The van der Waals surface area contributed by atoms with E-state index in [1.165, 1.54) is 18.3 Å². The molecule has 2 N–H and O–H groups in total. The molecule has 1 rings (SSSR count). The van der Waals surface area contributed by atoms with Gasteiger partial charge >= 0.3 is 0 Å². The monoisotopic (exact) mass is 306 g/mol. The van der Waals surface area contributed by atoms with Gasteiger partial charge in [-0.05, 0) is 18.1 Å². The number of pyridine rings is 1. The van der Waals surface area contributed by atoms with Gasteiger partial charge in [0, 0.05) is 12.7 Å². The van der Waals surface area contributed by atoms with Crippen molar-refractivity contribution in [1.29, 1.82) is 0 Å². The molecule has 1 aromatic heterocycles. The standard InChI is InChI=1S/C12H19ClN2O3S/c1-3-9(4-2)11(16)8-15-19(17,18)10-5-6-12(13)14-7-10/h5-7,9,11,15-16H,3-4,8H2,1-2H3. The Hall–Kier alpha value is -0.690. The summed E-state index contributed by atoms with van der Waals surface area (Å²) in [6.45, 7) is 3.93. The topological polar surface area (TPSA) is 79.3 Å². The van der Waals surface area contributed by atoms with Crippen LogP contribution in [0.3, 0.4) is 0 Å². The second-order valence-electron chi connectivity index (χ2n) is 4.31. The van der Waals surface area contributed by atoms with Crippen LogP contribution in [0, 0.1) is 5.92 Å². The first-order valence-electron chi connectivity index (χ1n) is 6.20. The SMILES string of the molecule is CCC(CC)C(O)CNS(=O)(=O)c1ccc(Cl)nc1. The molecule has 1 atom stereocenters. The molecular formula is C12H19ClN2O3S. The highest BCUT2D eigenvalue weighted by Crippen LogP contribution is 2.14. The van der Waals surface area contributed by atoms with Gasteiger partial charge in [0.15, 0.2) is 0 Å². The summed E-state index contributed by atoms with van der Waals surface area (Å²) in [6.07, 6.45) is 2.11. The van der Waals surface area contributed by atoms with Gasteiger partial charge in [0.2, 0.25) is 10.0 Å². The highest BCUT2D eigenvalue weighted by molar-refractivity contribution is 7.89. The Morgan fingerprint density at radius 3 is 2.47 bits per heavy atom. The van der Waals surface area contributed by atoms with E-state index < -0.39 is 16.1 Å². The second kappa shape index (κ2) is 7.19. The van der Waals surface area contributed by atoms with Crippen LogP contribution in [0.4, 0.5) is 0 Å². The van der Waals surface area contributed by atoms with Crippen LogP contribution in [0.15, 0.2) is 23.2 Å². The Morgan fingerprint density at radius 1 is 1.37 bits per heavy atom. The first-order chi connectivity index (χ1) is 8.90. The lowest BCUT2D eigenvalue weighted by Gasteiger charge is -2.20. The van der Waals surface area contributed by atoms with E-state index in [-0.39, 0.29) is 22.5 Å². The molecule has 0 amide bonds. The van der Waals surface area contributed by atoms with E-state index in [9.17, 15) is 13.5 Å². The fraction of sp³-hybridized carbons (Fsp3) is 0.583. The molecule has 108 valence electrons. The minimum atomic E-state index is -3.65. The van der Waals surface area contributed by atoms with Crippen molar-refractivity contribution in [3.8, 4) is 0 Å². The number of halogens is 1. The van der Waals surface area contributed by atoms with Crippen molar-refractivity contribution in [2.45, 2.75) is 37.7 Å². The molecule has 19 heavy (non-hydrogen) atoms. The Balaban J connectivity index is 2.68. The minimum Gasteiger partial charge on any atom is -0.391 e. The highest BCUT2D eigenvalue weighted by atomic mass is 35.5. The third-order valence-corrected chi connectivity index (χ3v) is 4.72. The normalized spacial score (nSPS) is 13.7. The van der Waals surface area contributed by atoms with E-state index in [0.29, 0.717) is 0 Å². The first kappa shape index (κ1) is 16.4. The summed E-state index contributed by atoms with van der Waals surface area (Å²) < 4.78 is 26.3. The van der Waals surface area contributed by atoms with Crippen LogP contribution < -0.4 is 4.72 Å². The van der Waals surface area contributed by atoms with Gasteiger partial charge in [-0.15, -0.1) is 0 Å². The number of hydrogen-bond donors (Lipinski definition) is 2. The van der Waals surface area contributed by atoms with Gasteiger partial charge in [-0.25, -0.2) is 18.1 Å². The first-order valence-corrected chi connectivity index (χ1v) is 8.06. The molecular weight excluding hydrogens is 288 g/mol. The molecule has 0 aliphatic rings. The van der Waals surface area contributed by atoms with E-state index in [0.717, 1.165) is 12.8 Å². The number of hydrogen-bond acceptors (Lipinski definition) is 4. The van der Waals surface area contributed by atoms with E-state index in [4.69, 9.17) is 11.6 Å². The van der Waals surface area contributed by atoms with Crippen molar-refractivity contribution in [3.63, 3.8) is 0 Å². The smallest absolute Gasteiger partial charge is 0.242 e. The molecule has 1 heterocycles. The van der Waals surface area contributed by atoms with E-state index in [1.54, 1.807) is 0 Å². The van der Waals surface area contributed by atoms with Gasteiger partial charge in [-0.2, -0.15) is 0 Å². The van der Waals surface area contributed by atoms with Crippen LogP contribution in [0.25, 0.3) is 0 Å². The molecule has 1 unspecified atom stereocenters. The maximum absolute atomic E-state index is 11.9. The van der Waals surface area contributed by atoms with Crippen molar-refractivity contribution in [2.24, 2.45) is 5.92 Å². The second-order valence-corrected chi connectivity index (χ2v) is 6.47. The number of aliphatic hydroxyl groups is 1. The van der Waals surface area contributed by atoms with Gasteiger partial charge in [0.05, 0.1) is 6.10 Å². The Morgan fingerprint density at radius 2 is 2.00 bits per heavy atom. The molecule has 0 saturated carbocycles. The number of aromatic nitrogens is 1. The van der Waals surface area contributed by atoms with Gasteiger partial charge in [-0.3, -0.25) is 0 Å². The molecule has 1 aromatic rings. The fourth-order valence-corrected chi connectivity index (χ4v) is 2.91. The lowest BCUT2D eigenvalue weighted by Crippen LogP contribution is -2.36. The summed E-state index contributed by atoms with van der Waals surface area (Å²) >= 11 is 5.60. The van der Waals surface area contributed by atoms with Crippen LogP contribution in [-0.2, 0) is 10.0 Å². The molecule has 5 nitrogen and oxygen atoms in total. The summed E-state index contributed by atoms with van der Waals surface area (Å²) in [7, 11) is -3.65. The predicted octanol–water partition coefficient (Wildman–Crippen LogP) is 1.81. The summed E-state index contributed by atoms with van der Waals surface area (Å²) in [5.74, 6) is 0.0889. The van der Waals surface area contributed by atoms with Gasteiger partial charge in [0.25, 0.3) is 0 Å². The van der Waals surface area contributed by atoms with Crippen molar-refractivity contribution >= 4 is 21.6 Å². The third kappa shape index (κ3) is 4.72. The Kier molecular flexibility index (Phi) is 6.19. The lowest BCUT2D eigenvalue weighted by atomic mass is 9.97. The number of nitrogens with one attached hydrogen (secondary N) is 1. The van der Waals surface area contributed by atoms with Crippen molar-refractivity contribution in [3.05, 3.63) is 23.5 Å². The molecule has 0 radical (unpaired) electrons. The highest BCUT2D eigenvalue weighted by Gasteiger charge is 2.20. The maximum Gasteiger partial charge on any atom is 0.242 e. The summed E-state index contributed by atoms with van der Waals surface area (Å²) in [6, 6.07) is 2.79. The van der Waals surface area contributed by atoms with E-state index in [1.807, 2.05) is 13.8 Å². The largest absolute Gasteiger partial charge is 0.391 e. The van der Waals surface area contributed by atoms with Gasteiger partial charge in [0.1, 0.15) is 10.0 Å². The lowest BCUT2D eigenvalue weighted by molar-refractivity contribution is 0.107.